The van der Waals surface area contributed by atoms with Gasteiger partial charge < -0.3 is 0 Å². The van der Waals surface area contributed by atoms with Gasteiger partial charge >= 0.3 is 0 Å². The summed E-state index contributed by atoms with van der Waals surface area (Å²) in [5.41, 5.74) is 0.430. The fraction of sp³-hybridized carbons (Fsp3) is 0.0625. The Balaban J connectivity index is 2.44. The van der Waals surface area contributed by atoms with Crippen LogP contribution in [0.1, 0.15) is 10.4 Å². The minimum Gasteiger partial charge on any atom is -0.289 e. The fourth-order valence-electron chi connectivity index (χ4n) is 2.39. The average molecular weight is 324 g/mol. The molecule has 4 heteroatoms. The number of fused-ring (bicyclic) bond motifs is 3. The van der Waals surface area contributed by atoms with Gasteiger partial charge in [0, 0.05) is 5.56 Å². The lowest BCUT2D eigenvalue weighted by molar-refractivity contribution is 0.0998. The van der Waals surface area contributed by atoms with Crippen LogP contribution in [0.2, 0.25) is 0 Å². The van der Waals surface area contributed by atoms with E-state index in [1.54, 1.807) is 6.07 Å². The third-order valence-electron chi connectivity index (χ3n) is 3.27. The lowest BCUT2D eigenvalue weighted by atomic mass is 9.95. The molecule has 3 aromatic rings. The van der Waals surface area contributed by atoms with Crippen LogP contribution in [0.5, 0.6) is 0 Å². The lowest BCUT2D eigenvalue weighted by Gasteiger charge is -2.13. The highest BCUT2D eigenvalue weighted by Gasteiger charge is 2.32. The van der Waals surface area contributed by atoms with E-state index in [4.69, 9.17) is 34.8 Å². The maximum Gasteiger partial charge on any atom is 0.253 e. The van der Waals surface area contributed by atoms with Crippen LogP contribution in [0, 0.1) is 0 Å². The molecule has 0 aromatic heterocycles. The topological polar surface area (TPSA) is 17.1 Å². The van der Waals surface area contributed by atoms with E-state index < -0.39 is 9.58 Å². The molecule has 20 heavy (non-hydrogen) atoms. The summed E-state index contributed by atoms with van der Waals surface area (Å²) in [5, 5.41) is 3.79. The Labute approximate surface area is 131 Å². The number of hydrogen-bond donors (Lipinski definition) is 0. The van der Waals surface area contributed by atoms with Crippen molar-refractivity contribution in [2.24, 2.45) is 0 Å². The zero-order valence-corrected chi connectivity index (χ0v) is 12.5. The molecular formula is C16H9Cl3O. The second kappa shape index (κ2) is 4.92. The van der Waals surface area contributed by atoms with E-state index in [-0.39, 0.29) is 0 Å². The summed E-state index contributed by atoms with van der Waals surface area (Å²) in [5.74, 6) is -0.510. The summed E-state index contributed by atoms with van der Waals surface area (Å²) in [7, 11) is 0. The predicted octanol–water partition coefficient (Wildman–Crippen LogP) is 5.55. The first-order chi connectivity index (χ1) is 9.48. The Morgan fingerprint density at radius 2 is 1.35 bits per heavy atom. The summed E-state index contributed by atoms with van der Waals surface area (Å²) in [6, 6.07) is 17.2. The van der Waals surface area contributed by atoms with E-state index >= 15 is 0 Å². The molecule has 0 saturated carbocycles. The summed E-state index contributed by atoms with van der Waals surface area (Å²) < 4.78 is -1.95. The zero-order valence-electron chi connectivity index (χ0n) is 10.2. The van der Waals surface area contributed by atoms with Crippen molar-refractivity contribution in [1.29, 1.82) is 0 Å². The number of halogens is 3. The Bertz CT molecular complexity index is 819. The number of carbonyl (C=O) groups excluding carboxylic acids is 1. The van der Waals surface area contributed by atoms with Gasteiger partial charge in [-0.15, -0.1) is 0 Å². The van der Waals surface area contributed by atoms with Crippen LogP contribution in [0.3, 0.4) is 0 Å². The van der Waals surface area contributed by atoms with Crippen molar-refractivity contribution in [2.45, 2.75) is 3.79 Å². The Kier molecular flexibility index (Phi) is 3.37. The quantitative estimate of drug-likeness (QED) is 0.326. The lowest BCUT2D eigenvalue weighted by Crippen LogP contribution is -2.19. The Morgan fingerprint density at radius 3 is 2.00 bits per heavy atom. The van der Waals surface area contributed by atoms with Crippen molar-refractivity contribution >= 4 is 62.1 Å². The van der Waals surface area contributed by atoms with Crippen molar-refractivity contribution in [2.75, 3.05) is 0 Å². The number of Topliss-reactive ketones (excluding diaryl/α,β-unsaturated/α-hetero) is 1. The van der Waals surface area contributed by atoms with Crippen LogP contribution >= 0.6 is 34.8 Å². The number of ketones is 1. The van der Waals surface area contributed by atoms with Gasteiger partial charge in [-0.05, 0) is 27.6 Å². The van der Waals surface area contributed by atoms with Gasteiger partial charge in [0.05, 0.1) is 0 Å². The number of hydrogen-bond acceptors (Lipinski definition) is 1. The van der Waals surface area contributed by atoms with Crippen LogP contribution in [-0.2, 0) is 0 Å². The van der Waals surface area contributed by atoms with Crippen molar-refractivity contribution < 1.29 is 4.79 Å². The SMILES string of the molecule is O=C(c1cc2ccccc2c2ccccc12)C(Cl)(Cl)Cl. The largest absolute Gasteiger partial charge is 0.289 e. The van der Waals surface area contributed by atoms with Crippen LogP contribution in [0.15, 0.2) is 54.6 Å². The molecule has 0 aliphatic carbocycles. The third-order valence-corrected chi connectivity index (χ3v) is 3.79. The molecule has 0 aliphatic rings. The maximum atomic E-state index is 12.3. The van der Waals surface area contributed by atoms with E-state index in [2.05, 4.69) is 0 Å². The molecule has 3 rings (SSSR count). The van der Waals surface area contributed by atoms with Crippen molar-refractivity contribution in [3.8, 4) is 0 Å². The van der Waals surface area contributed by atoms with E-state index in [0.29, 0.717) is 5.56 Å². The standard InChI is InChI=1S/C16H9Cl3O/c17-16(18,19)15(20)14-9-10-5-1-2-6-11(10)12-7-3-4-8-13(12)14/h1-9H. The molecule has 0 N–H and O–H groups in total. The molecule has 0 radical (unpaired) electrons. The molecule has 100 valence electrons. The van der Waals surface area contributed by atoms with Gasteiger partial charge in [-0.1, -0.05) is 83.3 Å². The van der Waals surface area contributed by atoms with Gasteiger partial charge in [-0.3, -0.25) is 4.79 Å². The molecular weight excluding hydrogens is 315 g/mol. The van der Waals surface area contributed by atoms with Crippen LogP contribution in [-0.4, -0.2) is 9.58 Å². The van der Waals surface area contributed by atoms with Gasteiger partial charge in [0.1, 0.15) is 0 Å². The first kappa shape index (κ1) is 13.7. The second-order valence-electron chi connectivity index (χ2n) is 4.52. The zero-order chi connectivity index (χ0) is 14.3. The van der Waals surface area contributed by atoms with Crippen molar-refractivity contribution in [3.05, 3.63) is 60.2 Å². The molecule has 3 aromatic carbocycles. The van der Waals surface area contributed by atoms with Crippen LogP contribution in [0.25, 0.3) is 21.5 Å². The number of rotatable bonds is 1. The summed E-state index contributed by atoms with van der Waals surface area (Å²) in [6.07, 6.45) is 0. The third kappa shape index (κ3) is 2.26. The molecule has 0 bridgehead atoms. The molecule has 0 spiro atoms. The molecule has 0 unspecified atom stereocenters. The molecule has 0 amide bonds. The molecule has 0 aliphatic heterocycles. The van der Waals surface area contributed by atoms with Gasteiger partial charge in [-0.2, -0.15) is 0 Å². The summed E-state index contributed by atoms with van der Waals surface area (Å²) >= 11 is 17.3. The van der Waals surface area contributed by atoms with Crippen molar-refractivity contribution in [1.82, 2.24) is 0 Å². The van der Waals surface area contributed by atoms with E-state index in [1.165, 1.54) is 0 Å². The fourth-order valence-corrected chi connectivity index (χ4v) is 2.70. The van der Waals surface area contributed by atoms with E-state index in [9.17, 15) is 4.79 Å². The van der Waals surface area contributed by atoms with Crippen LogP contribution in [0.4, 0.5) is 0 Å². The van der Waals surface area contributed by atoms with E-state index in [0.717, 1.165) is 21.5 Å². The summed E-state index contributed by atoms with van der Waals surface area (Å²) in [4.78, 5) is 12.3. The van der Waals surface area contributed by atoms with Crippen LogP contribution < -0.4 is 0 Å². The monoisotopic (exact) mass is 322 g/mol. The highest BCUT2D eigenvalue weighted by molar-refractivity contribution is 6.77. The molecule has 0 atom stereocenters. The molecule has 0 fully saturated rings. The Morgan fingerprint density at radius 1 is 0.800 bits per heavy atom. The maximum absolute atomic E-state index is 12.3. The number of alkyl halides is 3. The van der Waals surface area contributed by atoms with Gasteiger partial charge in [-0.25, -0.2) is 0 Å². The number of carbonyl (C=O) groups is 1. The van der Waals surface area contributed by atoms with Gasteiger partial charge in [0.15, 0.2) is 0 Å². The first-order valence-electron chi connectivity index (χ1n) is 6.00. The van der Waals surface area contributed by atoms with Crippen molar-refractivity contribution in [3.63, 3.8) is 0 Å². The highest BCUT2D eigenvalue weighted by Crippen LogP contribution is 2.35. The second-order valence-corrected chi connectivity index (χ2v) is 6.80. The average Bonchev–Trinajstić information content (AvgIpc) is 2.44. The minimum absolute atomic E-state index is 0.430. The van der Waals surface area contributed by atoms with E-state index in [1.807, 2.05) is 48.5 Å². The molecule has 0 heterocycles. The minimum atomic E-state index is -1.95. The molecule has 0 saturated heterocycles. The summed E-state index contributed by atoms with van der Waals surface area (Å²) in [6.45, 7) is 0. The highest BCUT2D eigenvalue weighted by atomic mass is 35.6. The normalized spacial score (nSPS) is 11.9. The van der Waals surface area contributed by atoms with Gasteiger partial charge in [0.25, 0.3) is 3.79 Å². The Hall–Kier alpha value is -1.28. The smallest absolute Gasteiger partial charge is 0.253 e. The first-order valence-corrected chi connectivity index (χ1v) is 7.14. The molecule has 1 nitrogen and oxygen atoms in total. The number of benzene rings is 3. The predicted molar refractivity (Wildman–Crippen MR) is 86.1 cm³/mol. The van der Waals surface area contributed by atoms with Gasteiger partial charge in [0.2, 0.25) is 5.78 Å².